The van der Waals surface area contributed by atoms with Crippen LogP contribution in [0.25, 0.3) is 0 Å². The Labute approximate surface area is 133 Å². The van der Waals surface area contributed by atoms with Gasteiger partial charge in [0.1, 0.15) is 6.61 Å². The number of hydrogen-bond acceptors (Lipinski definition) is 4. The molecule has 0 saturated carbocycles. The van der Waals surface area contributed by atoms with E-state index in [0.29, 0.717) is 11.5 Å². The van der Waals surface area contributed by atoms with E-state index < -0.39 is 11.4 Å². The van der Waals surface area contributed by atoms with Gasteiger partial charge in [-0.2, -0.15) is 0 Å². The maximum atomic E-state index is 11.1. The van der Waals surface area contributed by atoms with Gasteiger partial charge in [0, 0.05) is 6.54 Å². The van der Waals surface area contributed by atoms with Crippen LogP contribution in [-0.2, 0) is 11.3 Å². The average Bonchev–Trinajstić information content (AvgIpc) is 2.43. The Morgan fingerprint density at radius 1 is 1.43 bits per heavy atom. The number of hydrogen-bond donors (Lipinski definition) is 2. The third-order valence-corrected chi connectivity index (χ3v) is 3.61. The first kappa shape index (κ1) is 17.8. The molecule has 0 unspecified atom stereocenters. The lowest BCUT2D eigenvalue weighted by Crippen LogP contribution is -2.30. The van der Waals surface area contributed by atoms with Crippen LogP contribution in [0.2, 0.25) is 0 Å². The highest BCUT2D eigenvalue weighted by Gasteiger charge is 2.29. The van der Waals surface area contributed by atoms with Crippen molar-refractivity contribution in [1.82, 2.24) is 5.32 Å². The van der Waals surface area contributed by atoms with Crippen LogP contribution in [0.1, 0.15) is 26.3 Å². The molecule has 21 heavy (non-hydrogen) atoms. The first-order chi connectivity index (χ1) is 9.81. The molecule has 1 rings (SSSR count). The van der Waals surface area contributed by atoms with E-state index >= 15 is 0 Å². The van der Waals surface area contributed by atoms with Gasteiger partial charge in [0.05, 0.1) is 17.0 Å². The van der Waals surface area contributed by atoms with Gasteiger partial charge < -0.3 is 19.9 Å². The van der Waals surface area contributed by atoms with Crippen molar-refractivity contribution in [2.24, 2.45) is 5.41 Å². The minimum Gasteiger partial charge on any atom is -0.493 e. The first-order valence-corrected chi connectivity index (χ1v) is 7.54. The van der Waals surface area contributed by atoms with Crippen LogP contribution in [-0.4, -0.2) is 31.3 Å². The zero-order valence-electron chi connectivity index (χ0n) is 12.8. The fourth-order valence-electron chi connectivity index (χ4n) is 1.60. The van der Waals surface area contributed by atoms with Crippen molar-refractivity contribution in [3.63, 3.8) is 0 Å². The molecule has 0 amide bonds. The van der Waals surface area contributed by atoms with E-state index in [1.807, 2.05) is 19.1 Å². The molecule has 0 bridgehead atoms. The summed E-state index contributed by atoms with van der Waals surface area (Å²) in [7, 11) is 1.56. The zero-order chi connectivity index (χ0) is 16.0. The van der Waals surface area contributed by atoms with Crippen molar-refractivity contribution in [3.05, 3.63) is 22.2 Å². The molecular weight excluding hydrogens is 338 g/mol. The highest BCUT2D eigenvalue weighted by Crippen LogP contribution is 2.37. The topological polar surface area (TPSA) is 67.8 Å². The molecule has 0 atom stereocenters. The Morgan fingerprint density at radius 2 is 2.10 bits per heavy atom. The van der Waals surface area contributed by atoms with Gasteiger partial charge >= 0.3 is 5.97 Å². The number of ether oxygens (including phenoxy) is 2. The molecule has 0 radical (unpaired) electrons. The monoisotopic (exact) mass is 359 g/mol. The minimum absolute atomic E-state index is 0.0594. The predicted octanol–water partition coefficient (Wildman–Crippen LogP) is 3.06. The van der Waals surface area contributed by atoms with E-state index in [-0.39, 0.29) is 6.61 Å². The lowest BCUT2D eigenvalue weighted by Gasteiger charge is -2.21. The van der Waals surface area contributed by atoms with Crippen LogP contribution in [0, 0.1) is 5.41 Å². The standard InChI is InChI=1S/C15H22BrNO4/c1-5-17-8-10-6-11(16)13(12(7-10)20-4)21-9-15(2,3)14(18)19/h6-7,17H,5,8-9H2,1-4H3,(H,18,19). The van der Waals surface area contributed by atoms with E-state index in [9.17, 15) is 4.79 Å². The average molecular weight is 360 g/mol. The van der Waals surface area contributed by atoms with Gasteiger partial charge in [-0.05, 0) is 54.0 Å². The van der Waals surface area contributed by atoms with Crippen molar-refractivity contribution in [2.45, 2.75) is 27.3 Å². The maximum Gasteiger partial charge on any atom is 0.312 e. The molecule has 0 saturated heterocycles. The summed E-state index contributed by atoms with van der Waals surface area (Å²) in [4.78, 5) is 11.1. The Morgan fingerprint density at radius 3 is 2.62 bits per heavy atom. The number of benzene rings is 1. The number of aliphatic carboxylic acids is 1. The van der Waals surface area contributed by atoms with E-state index in [1.165, 1.54) is 0 Å². The summed E-state index contributed by atoms with van der Waals surface area (Å²) in [5.41, 5.74) is 0.0952. The van der Waals surface area contributed by atoms with Crippen molar-refractivity contribution in [1.29, 1.82) is 0 Å². The quantitative estimate of drug-likeness (QED) is 0.746. The number of carboxylic acid groups (broad SMARTS) is 1. The van der Waals surface area contributed by atoms with Gasteiger partial charge in [-0.15, -0.1) is 0 Å². The Hall–Kier alpha value is -1.27. The molecule has 118 valence electrons. The van der Waals surface area contributed by atoms with Crippen molar-refractivity contribution < 1.29 is 19.4 Å². The Balaban J connectivity index is 2.94. The number of rotatable bonds is 8. The number of halogens is 1. The number of nitrogens with one attached hydrogen (secondary N) is 1. The van der Waals surface area contributed by atoms with Gasteiger partial charge in [0.15, 0.2) is 11.5 Å². The lowest BCUT2D eigenvalue weighted by molar-refractivity contribution is -0.148. The summed E-state index contributed by atoms with van der Waals surface area (Å²) in [6, 6.07) is 3.82. The van der Waals surface area contributed by atoms with Crippen molar-refractivity contribution >= 4 is 21.9 Å². The SMILES string of the molecule is CCNCc1cc(Br)c(OCC(C)(C)C(=O)O)c(OC)c1. The molecule has 0 aromatic heterocycles. The Kier molecular flexibility index (Phi) is 6.48. The fourth-order valence-corrected chi connectivity index (χ4v) is 2.20. The molecule has 6 heteroatoms. The van der Waals surface area contributed by atoms with Gasteiger partial charge in [0.2, 0.25) is 0 Å². The predicted molar refractivity (Wildman–Crippen MR) is 85.0 cm³/mol. The van der Waals surface area contributed by atoms with Gasteiger partial charge in [-0.25, -0.2) is 0 Å². The van der Waals surface area contributed by atoms with Crippen LogP contribution in [0.4, 0.5) is 0 Å². The molecule has 1 aromatic carbocycles. The molecule has 0 spiro atoms. The second-order valence-electron chi connectivity index (χ2n) is 5.37. The molecule has 0 aliphatic rings. The normalized spacial score (nSPS) is 11.3. The molecule has 0 aliphatic carbocycles. The number of methoxy groups -OCH3 is 1. The van der Waals surface area contributed by atoms with Crippen LogP contribution in [0.15, 0.2) is 16.6 Å². The van der Waals surface area contributed by atoms with Crippen LogP contribution in [0.5, 0.6) is 11.5 Å². The molecule has 0 heterocycles. The summed E-state index contributed by atoms with van der Waals surface area (Å²) < 4.78 is 11.8. The zero-order valence-corrected chi connectivity index (χ0v) is 14.4. The summed E-state index contributed by atoms with van der Waals surface area (Å²) in [6.07, 6.45) is 0. The highest BCUT2D eigenvalue weighted by molar-refractivity contribution is 9.10. The minimum atomic E-state index is -0.965. The molecule has 5 nitrogen and oxygen atoms in total. The molecule has 1 aromatic rings. The Bertz CT molecular complexity index is 503. The number of carbonyl (C=O) groups is 1. The third-order valence-electron chi connectivity index (χ3n) is 3.02. The second kappa shape index (κ2) is 7.66. The number of carboxylic acids is 1. The molecule has 0 fully saturated rings. The summed E-state index contributed by atoms with van der Waals surface area (Å²) in [6.45, 7) is 6.95. The largest absolute Gasteiger partial charge is 0.493 e. The van der Waals surface area contributed by atoms with E-state index in [0.717, 1.165) is 23.1 Å². The van der Waals surface area contributed by atoms with Gasteiger partial charge in [0.25, 0.3) is 0 Å². The second-order valence-corrected chi connectivity index (χ2v) is 6.22. The highest BCUT2D eigenvalue weighted by atomic mass is 79.9. The van der Waals surface area contributed by atoms with Crippen LogP contribution in [0.3, 0.4) is 0 Å². The summed E-state index contributed by atoms with van der Waals surface area (Å²) in [5, 5.41) is 12.4. The molecule has 0 aliphatic heterocycles. The van der Waals surface area contributed by atoms with Crippen LogP contribution >= 0.6 is 15.9 Å². The fraction of sp³-hybridized carbons (Fsp3) is 0.533. The molecular formula is C15H22BrNO4. The summed E-state index contributed by atoms with van der Waals surface area (Å²) in [5.74, 6) is 0.201. The molecule has 2 N–H and O–H groups in total. The first-order valence-electron chi connectivity index (χ1n) is 6.75. The van der Waals surface area contributed by atoms with Gasteiger partial charge in [-0.3, -0.25) is 4.79 Å². The third kappa shape index (κ3) is 4.89. The smallest absolute Gasteiger partial charge is 0.312 e. The van der Waals surface area contributed by atoms with Crippen molar-refractivity contribution in [3.8, 4) is 11.5 Å². The maximum absolute atomic E-state index is 11.1. The van der Waals surface area contributed by atoms with E-state index in [2.05, 4.69) is 21.2 Å². The van der Waals surface area contributed by atoms with Gasteiger partial charge in [-0.1, -0.05) is 6.92 Å². The lowest BCUT2D eigenvalue weighted by atomic mass is 9.95. The van der Waals surface area contributed by atoms with E-state index in [4.69, 9.17) is 14.6 Å². The van der Waals surface area contributed by atoms with Crippen molar-refractivity contribution in [2.75, 3.05) is 20.3 Å². The summed E-state index contributed by atoms with van der Waals surface area (Å²) >= 11 is 3.46. The van der Waals surface area contributed by atoms with E-state index in [1.54, 1.807) is 21.0 Å². The van der Waals surface area contributed by atoms with Crippen LogP contribution < -0.4 is 14.8 Å².